The number of aliphatic hydroxyl groups is 1. The molecule has 0 radical (unpaired) electrons. The second kappa shape index (κ2) is 13.3. The lowest BCUT2D eigenvalue weighted by atomic mass is 9.95. The van der Waals surface area contributed by atoms with Crippen LogP contribution in [0.5, 0.6) is 11.5 Å². The van der Waals surface area contributed by atoms with Gasteiger partial charge in [-0.2, -0.15) is 0 Å². The molecule has 1 aromatic heterocycles. The molecular weight excluding hydrogens is 544 g/mol. The summed E-state index contributed by atoms with van der Waals surface area (Å²) in [5, 5.41) is 11.6. The first kappa shape index (κ1) is 29.5. The van der Waals surface area contributed by atoms with E-state index in [1.165, 1.54) is 11.0 Å². The second-order valence-electron chi connectivity index (χ2n) is 9.26. The van der Waals surface area contributed by atoms with Crippen LogP contribution in [0.2, 0.25) is 0 Å². The number of anilines is 1. The molecule has 4 rings (SSSR count). The van der Waals surface area contributed by atoms with Crippen LogP contribution >= 0.6 is 11.3 Å². The van der Waals surface area contributed by atoms with Crippen molar-refractivity contribution in [3.8, 4) is 11.5 Å². The number of carbonyl (C=O) groups excluding carboxylic acids is 3. The first-order valence-corrected chi connectivity index (χ1v) is 14.1. The molecule has 1 amide bonds. The van der Waals surface area contributed by atoms with Crippen molar-refractivity contribution in [3.05, 3.63) is 88.5 Å². The van der Waals surface area contributed by atoms with E-state index in [1.54, 1.807) is 55.5 Å². The highest BCUT2D eigenvalue weighted by molar-refractivity contribution is 7.17. The summed E-state index contributed by atoms with van der Waals surface area (Å²) in [5.41, 5.74) is 1.13. The molecule has 0 bridgehead atoms. The third-order valence-corrected chi connectivity index (χ3v) is 7.34. The molecule has 1 unspecified atom stereocenters. The number of ether oxygens (including phenoxy) is 3. The van der Waals surface area contributed by atoms with Crippen molar-refractivity contribution in [1.29, 1.82) is 0 Å². The van der Waals surface area contributed by atoms with Crippen LogP contribution in [0.25, 0.3) is 5.76 Å². The highest BCUT2D eigenvalue weighted by Gasteiger charge is 2.48. The Balaban J connectivity index is 1.84. The summed E-state index contributed by atoms with van der Waals surface area (Å²) < 4.78 is 16.6. The van der Waals surface area contributed by atoms with Gasteiger partial charge in [-0.25, -0.2) is 9.78 Å². The van der Waals surface area contributed by atoms with Gasteiger partial charge in [0.1, 0.15) is 28.7 Å². The van der Waals surface area contributed by atoms with Gasteiger partial charge in [0.05, 0.1) is 30.5 Å². The van der Waals surface area contributed by atoms with Crippen LogP contribution in [0, 0.1) is 6.92 Å². The van der Waals surface area contributed by atoms with E-state index in [4.69, 9.17) is 14.2 Å². The molecule has 2 aromatic carbocycles. The van der Waals surface area contributed by atoms with E-state index in [0.29, 0.717) is 41.5 Å². The number of amides is 1. The van der Waals surface area contributed by atoms with Crippen molar-refractivity contribution < 1.29 is 33.7 Å². The molecule has 1 N–H and O–H groups in total. The van der Waals surface area contributed by atoms with Crippen LogP contribution in [-0.2, 0) is 14.3 Å². The van der Waals surface area contributed by atoms with Gasteiger partial charge in [-0.15, -0.1) is 0 Å². The zero-order valence-electron chi connectivity index (χ0n) is 23.2. The lowest BCUT2D eigenvalue weighted by molar-refractivity contribution is -0.132. The Hall–Kier alpha value is -4.44. The maximum absolute atomic E-state index is 13.5. The molecule has 214 valence electrons. The van der Waals surface area contributed by atoms with Gasteiger partial charge < -0.3 is 19.3 Å². The van der Waals surface area contributed by atoms with Crippen LogP contribution in [0.3, 0.4) is 0 Å². The molecule has 0 aliphatic carbocycles. The van der Waals surface area contributed by atoms with E-state index in [0.717, 1.165) is 24.2 Å². The average molecular weight is 577 g/mol. The van der Waals surface area contributed by atoms with Gasteiger partial charge >= 0.3 is 11.9 Å². The van der Waals surface area contributed by atoms with Gasteiger partial charge in [0.15, 0.2) is 5.13 Å². The van der Waals surface area contributed by atoms with Gasteiger partial charge in [0.25, 0.3) is 5.78 Å². The number of nitrogens with zero attached hydrogens (tertiary/aromatic N) is 2. The number of benzene rings is 2. The van der Waals surface area contributed by atoms with Gasteiger partial charge in [-0.1, -0.05) is 50.0 Å². The molecule has 10 heteroatoms. The monoisotopic (exact) mass is 576 g/mol. The van der Waals surface area contributed by atoms with Crippen LogP contribution in [0.1, 0.15) is 59.2 Å². The summed E-state index contributed by atoms with van der Waals surface area (Å²) in [6.07, 6.45) is 3.09. The number of aliphatic hydroxyl groups excluding tert-OH is 1. The SMILES string of the molecule is C=CCOC(=O)c1sc(N2C(=O)C(=O)C(=C(O)c3ccc(OCCC)cc3)C2c2cccc(OCCC)c2)nc1C. The molecule has 1 aliphatic heterocycles. The predicted molar refractivity (Wildman–Crippen MR) is 157 cm³/mol. The first-order chi connectivity index (χ1) is 19.8. The van der Waals surface area contributed by atoms with Crippen LogP contribution < -0.4 is 14.4 Å². The molecule has 9 nitrogen and oxygen atoms in total. The highest BCUT2D eigenvalue weighted by Crippen LogP contribution is 2.44. The second-order valence-corrected chi connectivity index (χ2v) is 10.2. The molecule has 0 saturated carbocycles. The third-order valence-electron chi connectivity index (χ3n) is 6.20. The fraction of sp³-hybridized carbons (Fsp3) is 0.290. The number of hydrogen-bond acceptors (Lipinski definition) is 9. The molecule has 1 saturated heterocycles. The Kier molecular flexibility index (Phi) is 9.57. The number of hydrogen-bond donors (Lipinski definition) is 1. The minimum atomic E-state index is -1.03. The Bertz CT molecular complexity index is 1480. The quantitative estimate of drug-likeness (QED) is 0.0918. The maximum atomic E-state index is 13.5. The summed E-state index contributed by atoms with van der Waals surface area (Å²) in [6.45, 7) is 10.2. The number of aryl methyl sites for hydroxylation is 1. The van der Waals surface area contributed by atoms with Crippen LogP contribution in [0.4, 0.5) is 5.13 Å². The lowest BCUT2D eigenvalue weighted by Gasteiger charge is -2.23. The molecule has 1 aliphatic rings. The normalized spacial score (nSPS) is 16.1. The average Bonchev–Trinajstić information content (AvgIpc) is 3.49. The molecule has 0 spiro atoms. The van der Waals surface area contributed by atoms with Gasteiger partial charge in [-0.3, -0.25) is 14.5 Å². The maximum Gasteiger partial charge on any atom is 0.350 e. The van der Waals surface area contributed by atoms with Crippen molar-refractivity contribution in [2.24, 2.45) is 0 Å². The number of rotatable bonds is 12. The van der Waals surface area contributed by atoms with Crippen LogP contribution in [0.15, 0.2) is 66.8 Å². The number of thiazole rings is 1. The summed E-state index contributed by atoms with van der Waals surface area (Å²) in [7, 11) is 0. The molecule has 3 aromatic rings. The smallest absolute Gasteiger partial charge is 0.350 e. The summed E-state index contributed by atoms with van der Waals surface area (Å²) in [4.78, 5) is 45.5. The lowest BCUT2D eigenvalue weighted by Crippen LogP contribution is -2.29. The van der Waals surface area contributed by atoms with Crippen molar-refractivity contribution >= 4 is 39.9 Å². The van der Waals surface area contributed by atoms with Gasteiger partial charge in [-0.05, 0) is 61.7 Å². The molecular formula is C31H32N2O7S. The van der Waals surface area contributed by atoms with E-state index in [2.05, 4.69) is 11.6 Å². The molecule has 41 heavy (non-hydrogen) atoms. The number of esters is 1. The minimum absolute atomic E-state index is 0.0167. The van der Waals surface area contributed by atoms with E-state index >= 15 is 0 Å². The van der Waals surface area contributed by atoms with Crippen molar-refractivity contribution in [2.75, 3.05) is 24.7 Å². The van der Waals surface area contributed by atoms with Crippen molar-refractivity contribution in [2.45, 2.75) is 39.7 Å². The fourth-order valence-electron chi connectivity index (χ4n) is 4.30. The Morgan fingerprint density at radius 3 is 2.41 bits per heavy atom. The van der Waals surface area contributed by atoms with Crippen molar-refractivity contribution in [1.82, 2.24) is 4.98 Å². The van der Waals surface area contributed by atoms with Gasteiger partial charge in [0, 0.05) is 5.56 Å². The third kappa shape index (κ3) is 6.33. The fourth-order valence-corrected chi connectivity index (χ4v) is 5.29. The van der Waals surface area contributed by atoms with E-state index in [9.17, 15) is 19.5 Å². The van der Waals surface area contributed by atoms with Gasteiger partial charge in [0.2, 0.25) is 0 Å². The Labute approximate surface area is 242 Å². The first-order valence-electron chi connectivity index (χ1n) is 13.3. The molecule has 1 atom stereocenters. The highest BCUT2D eigenvalue weighted by atomic mass is 32.1. The number of aromatic nitrogens is 1. The van der Waals surface area contributed by atoms with E-state index < -0.39 is 23.7 Å². The largest absolute Gasteiger partial charge is 0.507 e. The topological polar surface area (TPSA) is 115 Å². The summed E-state index contributed by atoms with van der Waals surface area (Å²) in [5.74, 6) is -1.52. The predicted octanol–water partition coefficient (Wildman–Crippen LogP) is 6.00. The van der Waals surface area contributed by atoms with Crippen molar-refractivity contribution in [3.63, 3.8) is 0 Å². The minimum Gasteiger partial charge on any atom is -0.507 e. The number of Topliss-reactive ketones (excluding diaryl/α,β-unsaturated/α-hetero) is 1. The Morgan fingerprint density at radius 1 is 1.07 bits per heavy atom. The molecule has 2 heterocycles. The van der Waals surface area contributed by atoms with Crippen LogP contribution in [-0.4, -0.2) is 47.6 Å². The Morgan fingerprint density at radius 2 is 1.76 bits per heavy atom. The zero-order valence-corrected chi connectivity index (χ0v) is 24.0. The molecule has 1 fully saturated rings. The summed E-state index contributed by atoms with van der Waals surface area (Å²) in [6, 6.07) is 12.6. The number of ketones is 1. The van der Waals surface area contributed by atoms with E-state index in [-0.39, 0.29) is 27.9 Å². The summed E-state index contributed by atoms with van der Waals surface area (Å²) >= 11 is 0.938. The standard InChI is InChI=1S/C31H32N2O7S/c1-5-15-38-22-13-11-20(12-14-22)26(34)24-25(21-9-8-10-23(18-21)39-16-6-2)33(29(36)27(24)35)31-32-19(4)28(41-31)30(37)40-17-7-3/h7-14,18,25,34H,3,5-6,15-17H2,1-2,4H3. The zero-order chi connectivity index (χ0) is 29.5. The van der Waals surface area contributed by atoms with E-state index in [1.807, 2.05) is 13.8 Å². The number of carbonyl (C=O) groups is 3.